The molecule has 0 radical (unpaired) electrons. The number of rotatable bonds is 2. The summed E-state index contributed by atoms with van der Waals surface area (Å²) < 4.78 is 5.82. The SMILES string of the molecule is Cc1ccc2cccc(O[C@@H]3CC[C@H]3O)c2n1. The summed E-state index contributed by atoms with van der Waals surface area (Å²) in [6.45, 7) is 1.97. The van der Waals surface area contributed by atoms with Gasteiger partial charge >= 0.3 is 0 Å². The van der Waals surface area contributed by atoms with Crippen molar-refractivity contribution in [3.63, 3.8) is 0 Å². The van der Waals surface area contributed by atoms with E-state index < -0.39 is 0 Å². The standard InChI is InChI=1S/C14H15NO2/c1-9-5-6-10-3-2-4-13(14(10)15-9)17-12-8-7-11(12)16/h2-6,11-12,16H,7-8H2,1H3/t11-,12-/m1/s1. The summed E-state index contributed by atoms with van der Waals surface area (Å²) in [6.07, 6.45) is 1.36. The predicted molar refractivity (Wildman–Crippen MR) is 66.1 cm³/mol. The predicted octanol–water partition coefficient (Wildman–Crippen LogP) is 2.45. The maximum Gasteiger partial charge on any atom is 0.146 e. The third kappa shape index (κ3) is 1.87. The first-order chi connectivity index (χ1) is 8.24. The normalized spacial score (nSPS) is 23.4. The van der Waals surface area contributed by atoms with Crippen LogP contribution in [0.2, 0.25) is 0 Å². The molecule has 3 rings (SSSR count). The van der Waals surface area contributed by atoms with Crippen molar-refractivity contribution in [2.24, 2.45) is 0 Å². The van der Waals surface area contributed by atoms with Crippen LogP contribution >= 0.6 is 0 Å². The van der Waals surface area contributed by atoms with Gasteiger partial charge in [-0.1, -0.05) is 18.2 Å². The molecule has 0 bridgehead atoms. The van der Waals surface area contributed by atoms with Crippen molar-refractivity contribution < 1.29 is 9.84 Å². The molecule has 1 aromatic heterocycles. The van der Waals surface area contributed by atoms with Crippen LogP contribution in [0.1, 0.15) is 18.5 Å². The summed E-state index contributed by atoms with van der Waals surface area (Å²) in [5.41, 5.74) is 1.86. The van der Waals surface area contributed by atoms with Gasteiger partial charge in [0.25, 0.3) is 0 Å². The molecule has 0 saturated heterocycles. The van der Waals surface area contributed by atoms with Crippen molar-refractivity contribution in [3.8, 4) is 5.75 Å². The summed E-state index contributed by atoms with van der Waals surface area (Å²) >= 11 is 0. The molecule has 1 aromatic carbocycles. The number of hydrogen-bond acceptors (Lipinski definition) is 3. The van der Waals surface area contributed by atoms with E-state index in [-0.39, 0.29) is 12.2 Å². The molecule has 0 amide bonds. The number of ether oxygens (including phenoxy) is 1. The zero-order chi connectivity index (χ0) is 11.8. The summed E-state index contributed by atoms with van der Waals surface area (Å²) in [7, 11) is 0. The summed E-state index contributed by atoms with van der Waals surface area (Å²) in [4.78, 5) is 4.51. The number of hydrogen-bond donors (Lipinski definition) is 1. The van der Waals surface area contributed by atoms with E-state index in [0.29, 0.717) is 0 Å². The first kappa shape index (κ1) is 10.5. The molecule has 0 aliphatic heterocycles. The fraction of sp³-hybridized carbons (Fsp3) is 0.357. The maximum atomic E-state index is 9.55. The molecular weight excluding hydrogens is 214 g/mol. The topological polar surface area (TPSA) is 42.4 Å². The van der Waals surface area contributed by atoms with Crippen LogP contribution in [0.25, 0.3) is 10.9 Å². The number of nitrogens with zero attached hydrogens (tertiary/aromatic N) is 1. The highest BCUT2D eigenvalue weighted by atomic mass is 16.5. The van der Waals surface area contributed by atoms with Gasteiger partial charge in [-0.2, -0.15) is 0 Å². The molecule has 1 fully saturated rings. The number of aliphatic hydroxyl groups excluding tert-OH is 1. The van der Waals surface area contributed by atoms with Crippen molar-refractivity contribution in [1.82, 2.24) is 4.98 Å². The van der Waals surface area contributed by atoms with Crippen LogP contribution in [0.4, 0.5) is 0 Å². The molecule has 1 heterocycles. The van der Waals surface area contributed by atoms with Gasteiger partial charge in [-0.05, 0) is 31.9 Å². The molecule has 17 heavy (non-hydrogen) atoms. The lowest BCUT2D eigenvalue weighted by Gasteiger charge is -2.32. The second-order valence-electron chi connectivity index (χ2n) is 4.58. The molecule has 3 heteroatoms. The van der Waals surface area contributed by atoms with E-state index in [2.05, 4.69) is 4.98 Å². The van der Waals surface area contributed by atoms with E-state index in [1.165, 1.54) is 0 Å². The minimum atomic E-state index is -0.324. The molecular formula is C14H15NO2. The number of pyridine rings is 1. The molecule has 0 spiro atoms. The van der Waals surface area contributed by atoms with E-state index in [1.807, 2.05) is 37.3 Å². The Labute approximate surface area is 100 Å². The van der Waals surface area contributed by atoms with E-state index in [9.17, 15) is 5.11 Å². The van der Waals surface area contributed by atoms with Gasteiger partial charge in [0, 0.05) is 11.1 Å². The van der Waals surface area contributed by atoms with Crippen molar-refractivity contribution in [3.05, 3.63) is 36.0 Å². The highest BCUT2D eigenvalue weighted by Gasteiger charge is 2.31. The zero-order valence-corrected chi connectivity index (χ0v) is 9.76. The van der Waals surface area contributed by atoms with E-state index >= 15 is 0 Å². The molecule has 0 unspecified atom stereocenters. The van der Waals surface area contributed by atoms with Crippen molar-refractivity contribution >= 4 is 10.9 Å². The van der Waals surface area contributed by atoms with Crippen LogP contribution in [0.3, 0.4) is 0 Å². The molecule has 88 valence electrons. The summed E-state index contributed by atoms with van der Waals surface area (Å²) in [5.74, 6) is 0.773. The number of aryl methyl sites for hydroxylation is 1. The lowest BCUT2D eigenvalue weighted by Crippen LogP contribution is -2.41. The van der Waals surface area contributed by atoms with E-state index in [0.717, 1.165) is 35.2 Å². The number of fused-ring (bicyclic) bond motifs is 1. The van der Waals surface area contributed by atoms with Crippen molar-refractivity contribution in [2.75, 3.05) is 0 Å². The average Bonchev–Trinajstić information content (AvgIpc) is 2.34. The van der Waals surface area contributed by atoms with Crippen LogP contribution in [0, 0.1) is 6.92 Å². The van der Waals surface area contributed by atoms with Gasteiger partial charge in [-0.3, -0.25) is 0 Å². The quantitative estimate of drug-likeness (QED) is 0.860. The van der Waals surface area contributed by atoms with Crippen LogP contribution in [0.5, 0.6) is 5.75 Å². The van der Waals surface area contributed by atoms with E-state index in [4.69, 9.17) is 4.74 Å². The molecule has 2 aromatic rings. The summed E-state index contributed by atoms with van der Waals surface area (Å²) in [5, 5.41) is 10.6. The van der Waals surface area contributed by atoms with Crippen LogP contribution in [-0.2, 0) is 0 Å². The smallest absolute Gasteiger partial charge is 0.146 e. The highest BCUT2D eigenvalue weighted by Crippen LogP contribution is 2.30. The van der Waals surface area contributed by atoms with Crippen molar-refractivity contribution in [2.45, 2.75) is 32.0 Å². The Bertz CT molecular complexity index is 553. The third-order valence-corrected chi connectivity index (χ3v) is 3.28. The molecule has 1 aliphatic carbocycles. The Morgan fingerprint density at radius 1 is 1.24 bits per heavy atom. The summed E-state index contributed by atoms with van der Waals surface area (Å²) in [6, 6.07) is 9.93. The Morgan fingerprint density at radius 3 is 2.82 bits per heavy atom. The van der Waals surface area contributed by atoms with Crippen LogP contribution < -0.4 is 4.74 Å². The second kappa shape index (κ2) is 4.00. The molecule has 2 atom stereocenters. The minimum absolute atomic E-state index is 0.0667. The minimum Gasteiger partial charge on any atom is -0.485 e. The van der Waals surface area contributed by atoms with Gasteiger partial charge < -0.3 is 9.84 Å². The van der Waals surface area contributed by atoms with Crippen molar-refractivity contribution in [1.29, 1.82) is 0 Å². The molecule has 1 aliphatic rings. The number of benzene rings is 1. The Balaban J connectivity index is 2.00. The average molecular weight is 229 g/mol. The fourth-order valence-electron chi connectivity index (χ4n) is 2.06. The van der Waals surface area contributed by atoms with Gasteiger partial charge in [0.05, 0.1) is 6.10 Å². The molecule has 1 saturated carbocycles. The largest absolute Gasteiger partial charge is 0.485 e. The van der Waals surface area contributed by atoms with Gasteiger partial charge in [-0.15, -0.1) is 0 Å². The van der Waals surface area contributed by atoms with Gasteiger partial charge in [0.15, 0.2) is 0 Å². The highest BCUT2D eigenvalue weighted by molar-refractivity contribution is 5.84. The molecule has 3 nitrogen and oxygen atoms in total. The lowest BCUT2D eigenvalue weighted by molar-refractivity contribution is -0.0355. The number of aromatic nitrogens is 1. The zero-order valence-electron chi connectivity index (χ0n) is 9.76. The fourth-order valence-corrected chi connectivity index (χ4v) is 2.06. The monoisotopic (exact) mass is 229 g/mol. The van der Waals surface area contributed by atoms with Gasteiger partial charge in [0.2, 0.25) is 0 Å². The Kier molecular flexibility index (Phi) is 2.48. The van der Waals surface area contributed by atoms with Gasteiger partial charge in [0.1, 0.15) is 17.4 Å². The van der Waals surface area contributed by atoms with Crippen LogP contribution in [-0.4, -0.2) is 22.3 Å². The first-order valence-electron chi connectivity index (χ1n) is 5.95. The lowest BCUT2D eigenvalue weighted by atomic mass is 9.92. The first-order valence-corrected chi connectivity index (χ1v) is 5.95. The number of aliphatic hydroxyl groups is 1. The maximum absolute atomic E-state index is 9.55. The molecule has 1 N–H and O–H groups in total. The van der Waals surface area contributed by atoms with Gasteiger partial charge in [-0.25, -0.2) is 4.98 Å². The Hall–Kier alpha value is -1.61. The Morgan fingerprint density at radius 2 is 2.12 bits per heavy atom. The second-order valence-corrected chi connectivity index (χ2v) is 4.58. The number of para-hydroxylation sites is 1. The van der Waals surface area contributed by atoms with E-state index in [1.54, 1.807) is 0 Å². The third-order valence-electron chi connectivity index (χ3n) is 3.28. The van der Waals surface area contributed by atoms with Crippen LogP contribution in [0.15, 0.2) is 30.3 Å².